The third-order valence-electron chi connectivity index (χ3n) is 5.29. The van der Waals surface area contributed by atoms with Crippen molar-refractivity contribution in [2.24, 2.45) is 5.92 Å². The first kappa shape index (κ1) is 19.2. The smallest absolute Gasteiger partial charge is 0.228 e. The molecule has 1 fully saturated rings. The number of carbonyl (C=O) groups is 2. The molecule has 4 nitrogen and oxygen atoms in total. The first-order valence-electron chi connectivity index (χ1n) is 9.59. The topological polar surface area (TPSA) is 40.6 Å². The highest BCUT2D eigenvalue weighted by Gasteiger charge is 2.38. The van der Waals surface area contributed by atoms with Crippen molar-refractivity contribution in [1.29, 1.82) is 0 Å². The fourth-order valence-electron chi connectivity index (χ4n) is 3.85. The number of anilines is 1. The second kappa shape index (κ2) is 7.95. The lowest BCUT2D eigenvalue weighted by Crippen LogP contribution is -2.41. The molecule has 2 amide bonds. The standard InChI is InChI=1S/C23H28N2O2/c1-16(2)24(14-19-11-6-5-7-12-19)23(27)20-13-21(26)25(15-20)22-17(3)9-8-10-18(22)4/h5-12,16,20H,13-15H2,1-4H3. The van der Waals surface area contributed by atoms with Crippen molar-refractivity contribution in [1.82, 2.24) is 4.90 Å². The van der Waals surface area contributed by atoms with Gasteiger partial charge in [-0.1, -0.05) is 48.5 Å². The van der Waals surface area contributed by atoms with Crippen LogP contribution in [0.5, 0.6) is 0 Å². The molecule has 1 heterocycles. The summed E-state index contributed by atoms with van der Waals surface area (Å²) in [6.45, 7) is 9.12. The molecule has 0 aromatic heterocycles. The summed E-state index contributed by atoms with van der Waals surface area (Å²) in [6, 6.07) is 16.1. The highest BCUT2D eigenvalue weighted by Crippen LogP contribution is 2.32. The van der Waals surface area contributed by atoms with Gasteiger partial charge >= 0.3 is 0 Å². The van der Waals surface area contributed by atoms with E-state index < -0.39 is 0 Å². The number of carbonyl (C=O) groups excluding carboxylic acids is 2. The molecule has 0 radical (unpaired) electrons. The largest absolute Gasteiger partial charge is 0.336 e. The lowest BCUT2D eigenvalue weighted by Gasteiger charge is -2.29. The maximum absolute atomic E-state index is 13.2. The number of nitrogens with zero attached hydrogens (tertiary/aromatic N) is 2. The Labute approximate surface area is 161 Å². The van der Waals surface area contributed by atoms with Gasteiger partial charge in [0, 0.05) is 31.2 Å². The SMILES string of the molecule is Cc1cccc(C)c1N1CC(C(=O)N(Cc2ccccc2)C(C)C)CC1=O. The van der Waals surface area contributed by atoms with Crippen molar-refractivity contribution in [3.63, 3.8) is 0 Å². The van der Waals surface area contributed by atoms with Crippen LogP contribution < -0.4 is 4.90 Å². The number of aryl methyl sites for hydroxylation is 2. The van der Waals surface area contributed by atoms with Gasteiger partial charge < -0.3 is 9.80 Å². The molecule has 2 aromatic carbocycles. The van der Waals surface area contributed by atoms with Crippen LogP contribution in [0, 0.1) is 19.8 Å². The maximum atomic E-state index is 13.2. The second-order valence-electron chi connectivity index (χ2n) is 7.69. The summed E-state index contributed by atoms with van der Waals surface area (Å²) in [7, 11) is 0. The Balaban J connectivity index is 1.79. The summed E-state index contributed by atoms with van der Waals surface area (Å²) in [4.78, 5) is 29.6. The van der Waals surface area contributed by atoms with Gasteiger partial charge in [0.1, 0.15) is 0 Å². The van der Waals surface area contributed by atoms with E-state index in [1.807, 2.05) is 81.1 Å². The van der Waals surface area contributed by atoms with E-state index in [-0.39, 0.29) is 30.2 Å². The molecule has 3 rings (SSSR count). The molecule has 142 valence electrons. The minimum Gasteiger partial charge on any atom is -0.336 e. The van der Waals surface area contributed by atoms with Gasteiger partial charge in [0.25, 0.3) is 0 Å². The quantitative estimate of drug-likeness (QED) is 0.802. The molecule has 1 unspecified atom stereocenters. The molecule has 1 aliphatic rings. The molecule has 4 heteroatoms. The number of hydrogen-bond acceptors (Lipinski definition) is 2. The number of amides is 2. The van der Waals surface area contributed by atoms with Crippen molar-refractivity contribution in [3.8, 4) is 0 Å². The van der Waals surface area contributed by atoms with E-state index in [9.17, 15) is 9.59 Å². The van der Waals surface area contributed by atoms with E-state index in [0.717, 1.165) is 22.4 Å². The zero-order valence-electron chi connectivity index (χ0n) is 16.6. The third kappa shape index (κ3) is 4.05. The van der Waals surface area contributed by atoms with Gasteiger partial charge in [-0.2, -0.15) is 0 Å². The van der Waals surface area contributed by atoms with Crippen LogP contribution in [0.3, 0.4) is 0 Å². The number of hydrogen-bond donors (Lipinski definition) is 0. The van der Waals surface area contributed by atoms with Crippen LogP contribution in [0.2, 0.25) is 0 Å². The molecule has 0 N–H and O–H groups in total. The Kier molecular flexibility index (Phi) is 5.64. The van der Waals surface area contributed by atoms with E-state index in [1.165, 1.54) is 0 Å². The zero-order chi connectivity index (χ0) is 19.6. The van der Waals surface area contributed by atoms with Crippen molar-refractivity contribution in [2.45, 2.75) is 46.7 Å². The first-order valence-corrected chi connectivity index (χ1v) is 9.59. The highest BCUT2D eigenvalue weighted by molar-refractivity contribution is 6.01. The molecular weight excluding hydrogens is 336 g/mol. The van der Waals surface area contributed by atoms with Gasteiger partial charge in [0.15, 0.2) is 0 Å². The van der Waals surface area contributed by atoms with Crippen molar-refractivity contribution < 1.29 is 9.59 Å². The molecular formula is C23H28N2O2. The van der Waals surface area contributed by atoms with E-state index in [2.05, 4.69) is 0 Å². The van der Waals surface area contributed by atoms with E-state index in [0.29, 0.717) is 13.1 Å². The van der Waals surface area contributed by atoms with Crippen LogP contribution in [0.25, 0.3) is 0 Å². The normalized spacial score (nSPS) is 16.9. The van der Waals surface area contributed by atoms with Crippen LogP contribution in [-0.4, -0.2) is 29.3 Å². The molecule has 2 aromatic rings. The highest BCUT2D eigenvalue weighted by atomic mass is 16.2. The van der Waals surface area contributed by atoms with Crippen molar-refractivity contribution in [3.05, 3.63) is 65.2 Å². The van der Waals surface area contributed by atoms with Gasteiger partial charge in [0.05, 0.1) is 5.92 Å². The number of para-hydroxylation sites is 1. The Morgan fingerprint density at radius 3 is 2.30 bits per heavy atom. The molecule has 1 aliphatic heterocycles. The van der Waals surface area contributed by atoms with Crippen LogP contribution in [-0.2, 0) is 16.1 Å². The average molecular weight is 364 g/mol. The lowest BCUT2D eigenvalue weighted by molar-refractivity contribution is -0.138. The Morgan fingerprint density at radius 1 is 1.07 bits per heavy atom. The first-order chi connectivity index (χ1) is 12.9. The average Bonchev–Trinajstić information content (AvgIpc) is 3.01. The minimum absolute atomic E-state index is 0.0363. The fourth-order valence-corrected chi connectivity index (χ4v) is 3.85. The maximum Gasteiger partial charge on any atom is 0.228 e. The molecule has 1 saturated heterocycles. The van der Waals surface area contributed by atoms with E-state index in [1.54, 1.807) is 4.90 Å². The Morgan fingerprint density at radius 2 is 1.70 bits per heavy atom. The summed E-state index contributed by atoms with van der Waals surface area (Å²) >= 11 is 0. The van der Waals surface area contributed by atoms with Gasteiger partial charge in [-0.3, -0.25) is 9.59 Å². The zero-order valence-corrected chi connectivity index (χ0v) is 16.6. The van der Waals surface area contributed by atoms with E-state index >= 15 is 0 Å². The van der Waals surface area contributed by atoms with E-state index in [4.69, 9.17) is 0 Å². The molecule has 0 aliphatic carbocycles. The summed E-state index contributed by atoms with van der Waals surface area (Å²) in [5, 5.41) is 0. The lowest BCUT2D eigenvalue weighted by atomic mass is 10.0. The molecule has 0 spiro atoms. The summed E-state index contributed by atoms with van der Waals surface area (Å²) in [6.07, 6.45) is 0.282. The predicted molar refractivity (Wildman–Crippen MR) is 109 cm³/mol. The van der Waals surface area contributed by atoms with Crippen LogP contribution >= 0.6 is 0 Å². The van der Waals surface area contributed by atoms with Crippen molar-refractivity contribution in [2.75, 3.05) is 11.4 Å². The Hall–Kier alpha value is -2.62. The fraction of sp³-hybridized carbons (Fsp3) is 0.391. The molecule has 27 heavy (non-hydrogen) atoms. The molecule has 0 bridgehead atoms. The number of rotatable bonds is 5. The third-order valence-corrected chi connectivity index (χ3v) is 5.29. The summed E-state index contributed by atoms with van der Waals surface area (Å²) in [5.74, 6) is -0.187. The minimum atomic E-state index is -0.289. The van der Waals surface area contributed by atoms with Crippen molar-refractivity contribution >= 4 is 17.5 Å². The number of benzene rings is 2. The molecule has 1 atom stereocenters. The van der Waals surface area contributed by atoms with Gasteiger partial charge in [-0.25, -0.2) is 0 Å². The second-order valence-corrected chi connectivity index (χ2v) is 7.69. The summed E-state index contributed by atoms with van der Waals surface area (Å²) in [5.41, 5.74) is 4.20. The summed E-state index contributed by atoms with van der Waals surface area (Å²) < 4.78 is 0. The van der Waals surface area contributed by atoms with Crippen LogP contribution in [0.4, 0.5) is 5.69 Å². The van der Waals surface area contributed by atoms with Gasteiger partial charge in [0.2, 0.25) is 11.8 Å². The van der Waals surface area contributed by atoms with Gasteiger partial charge in [-0.15, -0.1) is 0 Å². The monoisotopic (exact) mass is 364 g/mol. The van der Waals surface area contributed by atoms with Crippen LogP contribution in [0.15, 0.2) is 48.5 Å². The predicted octanol–water partition coefficient (Wildman–Crippen LogP) is 4.09. The van der Waals surface area contributed by atoms with Gasteiger partial charge in [-0.05, 0) is 44.4 Å². The Bertz CT molecular complexity index is 809. The molecule has 0 saturated carbocycles. The van der Waals surface area contributed by atoms with Crippen LogP contribution in [0.1, 0.15) is 37.0 Å².